The second-order valence-corrected chi connectivity index (χ2v) is 8.67. The molecule has 3 aromatic carbocycles. The van der Waals surface area contributed by atoms with Crippen molar-refractivity contribution in [3.63, 3.8) is 0 Å². The van der Waals surface area contributed by atoms with Crippen LogP contribution >= 0.6 is 0 Å². The largest absolute Gasteiger partial charge is 0.481 e. The van der Waals surface area contributed by atoms with Gasteiger partial charge in [-0.2, -0.15) is 0 Å². The number of carboxylic acid groups (broad SMARTS) is 1. The third-order valence-electron chi connectivity index (χ3n) is 6.10. The summed E-state index contributed by atoms with van der Waals surface area (Å²) in [6.45, 7) is 1.83. The monoisotopic (exact) mass is 491 g/mol. The number of pyridine rings is 1. The maximum Gasteiger partial charge on any atom is 0.413 e. The third-order valence-corrected chi connectivity index (χ3v) is 6.10. The van der Waals surface area contributed by atoms with Gasteiger partial charge in [-0.05, 0) is 41.3 Å². The zero-order valence-electron chi connectivity index (χ0n) is 20.2. The molecule has 0 spiro atoms. The molecule has 1 unspecified atom stereocenters. The number of rotatable bonds is 7. The third kappa shape index (κ3) is 5.36. The van der Waals surface area contributed by atoms with Crippen molar-refractivity contribution < 1.29 is 19.4 Å². The molecule has 37 heavy (non-hydrogen) atoms. The van der Waals surface area contributed by atoms with E-state index in [9.17, 15) is 9.59 Å². The summed E-state index contributed by atoms with van der Waals surface area (Å²) >= 11 is 0. The normalized spacial score (nSPS) is 11.7. The van der Waals surface area contributed by atoms with Crippen LogP contribution in [-0.4, -0.2) is 26.6 Å². The molecule has 5 rings (SSSR count). The van der Waals surface area contributed by atoms with Crippen molar-refractivity contribution in [3.05, 3.63) is 114 Å². The Hall–Kier alpha value is -4.91. The highest BCUT2D eigenvalue weighted by molar-refractivity contribution is 5.90. The Kier molecular flexibility index (Phi) is 6.68. The molecule has 7 heteroatoms. The number of aliphatic carboxylic acids is 1. The highest BCUT2D eigenvalue weighted by atomic mass is 16.6. The summed E-state index contributed by atoms with van der Waals surface area (Å²) in [5.74, 6) is -0.334. The second kappa shape index (κ2) is 10.4. The molecule has 2 N–H and O–H groups in total. The Morgan fingerprint density at radius 3 is 2.16 bits per heavy atom. The molecule has 0 bridgehead atoms. The highest BCUT2D eigenvalue weighted by Gasteiger charge is 2.19. The molecular formula is C30H25N3O4. The number of aromatic nitrogens is 2. The van der Waals surface area contributed by atoms with Gasteiger partial charge < -0.3 is 9.84 Å². The van der Waals surface area contributed by atoms with E-state index in [1.54, 1.807) is 0 Å². The number of carboxylic acids is 1. The Morgan fingerprint density at radius 2 is 1.49 bits per heavy atom. The number of amides is 1. The van der Waals surface area contributed by atoms with Gasteiger partial charge in [-0.1, -0.05) is 84.9 Å². The molecule has 1 amide bonds. The van der Waals surface area contributed by atoms with E-state index in [4.69, 9.17) is 14.8 Å². The van der Waals surface area contributed by atoms with Crippen LogP contribution in [0.3, 0.4) is 0 Å². The quantitative estimate of drug-likeness (QED) is 0.267. The molecule has 1 atom stereocenters. The van der Waals surface area contributed by atoms with Crippen LogP contribution in [0.5, 0.6) is 0 Å². The van der Waals surface area contributed by atoms with Gasteiger partial charge in [-0.3, -0.25) is 14.5 Å². The summed E-state index contributed by atoms with van der Waals surface area (Å²) in [5.41, 5.74) is 5.78. The number of carbonyl (C=O) groups excluding carboxylic acids is 1. The zero-order valence-corrected chi connectivity index (χ0v) is 20.2. The summed E-state index contributed by atoms with van der Waals surface area (Å²) in [6, 6.07) is 30.5. The van der Waals surface area contributed by atoms with E-state index in [0.29, 0.717) is 17.2 Å². The smallest absolute Gasteiger partial charge is 0.413 e. The lowest BCUT2D eigenvalue weighted by Gasteiger charge is -2.15. The number of carbonyl (C=O) groups is 2. The van der Waals surface area contributed by atoms with E-state index in [1.165, 1.54) is 0 Å². The van der Waals surface area contributed by atoms with Gasteiger partial charge in [0, 0.05) is 11.8 Å². The fourth-order valence-electron chi connectivity index (χ4n) is 4.21. The van der Waals surface area contributed by atoms with Crippen LogP contribution in [0.4, 0.5) is 10.6 Å². The molecule has 0 saturated heterocycles. The van der Waals surface area contributed by atoms with Gasteiger partial charge in [0.15, 0.2) is 0 Å². The lowest BCUT2D eigenvalue weighted by Crippen LogP contribution is -2.17. The fraction of sp³-hybridized carbons (Fsp3) is 0.100. The summed E-state index contributed by atoms with van der Waals surface area (Å²) < 4.78 is 7.45. The molecule has 184 valence electrons. The summed E-state index contributed by atoms with van der Waals surface area (Å²) in [4.78, 5) is 28.5. The number of ether oxygens (including phenoxy) is 1. The van der Waals surface area contributed by atoms with E-state index >= 15 is 0 Å². The van der Waals surface area contributed by atoms with Crippen LogP contribution in [0, 0.1) is 0 Å². The Morgan fingerprint density at radius 1 is 0.865 bits per heavy atom. The van der Waals surface area contributed by atoms with Crippen LogP contribution < -0.4 is 5.32 Å². The summed E-state index contributed by atoms with van der Waals surface area (Å²) in [5, 5.41) is 11.9. The molecule has 0 radical (unpaired) electrons. The minimum atomic E-state index is -0.854. The van der Waals surface area contributed by atoms with Crippen LogP contribution in [0.15, 0.2) is 103 Å². The average Bonchev–Trinajstić information content (AvgIpc) is 3.27. The minimum absolute atomic E-state index is 0.00452. The first-order valence-corrected chi connectivity index (χ1v) is 11.9. The molecule has 0 fully saturated rings. The van der Waals surface area contributed by atoms with Crippen molar-refractivity contribution in [2.45, 2.75) is 19.4 Å². The molecule has 2 aromatic heterocycles. The van der Waals surface area contributed by atoms with Crippen molar-refractivity contribution in [3.8, 4) is 22.4 Å². The maximum atomic E-state index is 12.8. The van der Waals surface area contributed by atoms with Crippen molar-refractivity contribution in [2.24, 2.45) is 0 Å². The lowest BCUT2D eigenvalue weighted by molar-refractivity contribution is -0.136. The van der Waals surface area contributed by atoms with Gasteiger partial charge in [0.05, 0.1) is 6.42 Å². The average molecular weight is 492 g/mol. The number of hydrogen-bond donors (Lipinski definition) is 2. The lowest BCUT2D eigenvalue weighted by atomic mass is 10.0. The molecular weight excluding hydrogens is 466 g/mol. The molecule has 0 aliphatic carbocycles. The van der Waals surface area contributed by atoms with Crippen LogP contribution in [0.2, 0.25) is 0 Å². The maximum absolute atomic E-state index is 12.8. The van der Waals surface area contributed by atoms with Crippen molar-refractivity contribution in [1.82, 2.24) is 9.38 Å². The molecule has 0 aliphatic heterocycles. The first-order chi connectivity index (χ1) is 18.0. The highest BCUT2D eigenvalue weighted by Crippen LogP contribution is 2.31. The Labute approximate surface area is 214 Å². The van der Waals surface area contributed by atoms with Gasteiger partial charge in [0.25, 0.3) is 0 Å². The second-order valence-electron chi connectivity index (χ2n) is 8.67. The minimum Gasteiger partial charge on any atom is -0.481 e. The van der Waals surface area contributed by atoms with Crippen LogP contribution in [-0.2, 0) is 16.0 Å². The predicted molar refractivity (Wildman–Crippen MR) is 142 cm³/mol. The number of imidazole rings is 1. The first kappa shape index (κ1) is 23.8. The number of fused-ring (bicyclic) bond motifs is 1. The number of nitrogens with one attached hydrogen (secondary N) is 1. The van der Waals surface area contributed by atoms with Gasteiger partial charge in [0.1, 0.15) is 23.3 Å². The number of nitrogens with zero attached hydrogens (tertiary/aromatic N) is 2. The van der Waals surface area contributed by atoms with E-state index in [1.807, 2.05) is 115 Å². The van der Waals surface area contributed by atoms with Crippen molar-refractivity contribution >= 4 is 23.5 Å². The Balaban J connectivity index is 1.40. The number of hydrogen-bond acceptors (Lipinski definition) is 4. The van der Waals surface area contributed by atoms with E-state index in [-0.39, 0.29) is 6.42 Å². The molecule has 0 aliphatic rings. The van der Waals surface area contributed by atoms with Crippen molar-refractivity contribution in [2.75, 3.05) is 5.32 Å². The van der Waals surface area contributed by atoms with Gasteiger partial charge in [0.2, 0.25) is 0 Å². The van der Waals surface area contributed by atoms with Gasteiger partial charge in [-0.25, -0.2) is 9.78 Å². The molecule has 2 heterocycles. The topological polar surface area (TPSA) is 92.9 Å². The summed E-state index contributed by atoms with van der Waals surface area (Å²) in [7, 11) is 0. The molecule has 0 saturated carbocycles. The number of anilines is 1. The first-order valence-electron chi connectivity index (χ1n) is 11.9. The summed E-state index contributed by atoms with van der Waals surface area (Å²) in [6.07, 6.45) is 0.858. The standard InChI is InChI=1S/C30H25N3O4/c1-20(22-7-3-2-4-8-22)37-30(36)32-29-28(31-26-9-5-6-18-33(26)29)25-16-14-24(15-17-25)23-12-10-21(11-13-23)19-27(34)35/h2-18,20H,19H2,1H3,(H,32,36)(H,34,35). The fourth-order valence-corrected chi connectivity index (χ4v) is 4.21. The van der Waals surface area contributed by atoms with Crippen molar-refractivity contribution in [1.29, 1.82) is 0 Å². The zero-order chi connectivity index (χ0) is 25.8. The van der Waals surface area contributed by atoms with E-state index < -0.39 is 18.2 Å². The SMILES string of the molecule is CC(OC(=O)Nc1c(-c2ccc(-c3ccc(CC(=O)O)cc3)cc2)nc2ccccn12)c1ccccc1. The molecule has 5 aromatic rings. The number of benzene rings is 3. The van der Waals surface area contributed by atoms with E-state index in [2.05, 4.69) is 5.32 Å². The van der Waals surface area contributed by atoms with Gasteiger partial charge in [-0.15, -0.1) is 0 Å². The molecule has 7 nitrogen and oxygen atoms in total. The Bertz CT molecular complexity index is 1540. The van der Waals surface area contributed by atoms with Crippen LogP contribution in [0.25, 0.3) is 28.0 Å². The predicted octanol–water partition coefficient (Wildman–Crippen LogP) is 6.61. The van der Waals surface area contributed by atoms with Gasteiger partial charge >= 0.3 is 12.1 Å². The van der Waals surface area contributed by atoms with E-state index in [0.717, 1.165) is 27.8 Å². The van der Waals surface area contributed by atoms with Crippen LogP contribution in [0.1, 0.15) is 24.2 Å².